The van der Waals surface area contributed by atoms with E-state index >= 15 is 0 Å². The van der Waals surface area contributed by atoms with Crippen LogP contribution < -0.4 is 10.6 Å². The summed E-state index contributed by atoms with van der Waals surface area (Å²) in [5.74, 6) is 0.434. The molecule has 1 unspecified atom stereocenters. The van der Waals surface area contributed by atoms with Gasteiger partial charge in [-0.3, -0.25) is 4.79 Å². The number of carbonyl (C=O) groups excluding carboxylic acids is 1. The maximum absolute atomic E-state index is 12.5. The Morgan fingerprint density at radius 2 is 2.00 bits per heavy atom. The fraction of sp³-hybridized carbons (Fsp3) is 0.750. The molecule has 0 bridgehead atoms. The SMILES string of the molecule is Cl.O=C(Nc1nc2c(s1)CCCCC2)C1CC12CCNCC2. The van der Waals surface area contributed by atoms with Crippen LogP contribution in [0.1, 0.15) is 49.1 Å². The van der Waals surface area contributed by atoms with Gasteiger partial charge in [0.05, 0.1) is 5.69 Å². The van der Waals surface area contributed by atoms with E-state index in [-0.39, 0.29) is 24.2 Å². The van der Waals surface area contributed by atoms with Crippen molar-refractivity contribution in [2.24, 2.45) is 11.3 Å². The molecule has 6 heteroatoms. The molecule has 1 atom stereocenters. The number of amides is 1. The van der Waals surface area contributed by atoms with E-state index in [1.54, 1.807) is 11.3 Å². The average Bonchev–Trinajstić information content (AvgIpc) is 3.12. The van der Waals surface area contributed by atoms with Crippen molar-refractivity contribution >= 4 is 34.8 Å². The molecule has 4 nitrogen and oxygen atoms in total. The summed E-state index contributed by atoms with van der Waals surface area (Å²) < 4.78 is 0. The highest BCUT2D eigenvalue weighted by Gasteiger charge is 2.57. The fourth-order valence-corrected chi connectivity index (χ4v) is 5.02. The van der Waals surface area contributed by atoms with Crippen LogP contribution in [0, 0.1) is 11.3 Å². The summed E-state index contributed by atoms with van der Waals surface area (Å²) >= 11 is 1.70. The van der Waals surface area contributed by atoms with Crippen molar-refractivity contribution < 1.29 is 4.79 Å². The molecule has 1 aliphatic heterocycles. The van der Waals surface area contributed by atoms with E-state index in [1.165, 1.54) is 29.8 Å². The van der Waals surface area contributed by atoms with Crippen molar-refractivity contribution in [3.63, 3.8) is 0 Å². The van der Waals surface area contributed by atoms with Gasteiger partial charge in [0.25, 0.3) is 0 Å². The van der Waals surface area contributed by atoms with Crippen LogP contribution in [0.5, 0.6) is 0 Å². The first-order valence-electron chi connectivity index (χ1n) is 8.27. The molecule has 1 aromatic rings. The number of hydrogen-bond donors (Lipinski definition) is 2. The number of nitrogens with one attached hydrogen (secondary N) is 2. The number of aromatic nitrogens is 1. The van der Waals surface area contributed by atoms with Crippen molar-refractivity contribution in [2.45, 2.75) is 51.4 Å². The largest absolute Gasteiger partial charge is 0.317 e. The number of thiazole rings is 1. The van der Waals surface area contributed by atoms with Crippen LogP contribution in [0.15, 0.2) is 0 Å². The van der Waals surface area contributed by atoms with Crippen molar-refractivity contribution in [3.8, 4) is 0 Å². The molecule has 2 aliphatic carbocycles. The highest BCUT2D eigenvalue weighted by Crippen LogP contribution is 2.58. The van der Waals surface area contributed by atoms with E-state index in [4.69, 9.17) is 0 Å². The molecule has 122 valence electrons. The Balaban J connectivity index is 0.00000144. The number of carbonyl (C=O) groups is 1. The summed E-state index contributed by atoms with van der Waals surface area (Å²) in [5, 5.41) is 7.32. The first kappa shape index (κ1) is 16.2. The van der Waals surface area contributed by atoms with E-state index in [0.717, 1.165) is 50.3 Å². The number of hydrogen-bond acceptors (Lipinski definition) is 4. The fourth-order valence-electron chi connectivity index (χ4n) is 3.97. The van der Waals surface area contributed by atoms with Crippen molar-refractivity contribution in [1.82, 2.24) is 10.3 Å². The van der Waals surface area contributed by atoms with Crippen LogP contribution in [0.25, 0.3) is 0 Å². The molecule has 2 heterocycles. The Bertz CT molecular complexity index is 530. The lowest BCUT2D eigenvalue weighted by molar-refractivity contribution is -0.118. The third kappa shape index (κ3) is 3.03. The number of rotatable bonds is 2. The zero-order chi connectivity index (χ0) is 14.3. The first-order chi connectivity index (χ1) is 10.3. The predicted molar refractivity (Wildman–Crippen MR) is 91.9 cm³/mol. The minimum Gasteiger partial charge on any atom is -0.317 e. The van der Waals surface area contributed by atoms with Gasteiger partial charge in [-0.05, 0) is 63.5 Å². The second kappa shape index (κ2) is 6.46. The Hall–Kier alpha value is -0.650. The van der Waals surface area contributed by atoms with Crippen LogP contribution >= 0.6 is 23.7 Å². The van der Waals surface area contributed by atoms with E-state index in [0.29, 0.717) is 5.41 Å². The van der Waals surface area contributed by atoms with Crippen molar-refractivity contribution in [2.75, 3.05) is 18.4 Å². The summed E-state index contributed by atoms with van der Waals surface area (Å²) in [5.41, 5.74) is 1.55. The number of nitrogens with zero attached hydrogens (tertiary/aromatic N) is 1. The zero-order valence-corrected chi connectivity index (χ0v) is 14.5. The predicted octanol–water partition coefficient (Wildman–Crippen LogP) is 3.16. The van der Waals surface area contributed by atoms with Crippen LogP contribution in [0.2, 0.25) is 0 Å². The molecule has 3 aliphatic rings. The Labute approximate surface area is 141 Å². The third-order valence-corrected chi connectivity index (χ3v) is 6.50. The molecule has 1 spiro atoms. The Morgan fingerprint density at radius 1 is 1.23 bits per heavy atom. The van der Waals surface area contributed by atoms with Crippen LogP contribution in [-0.4, -0.2) is 24.0 Å². The minimum atomic E-state index is 0. The average molecular weight is 342 g/mol. The molecule has 2 N–H and O–H groups in total. The van der Waals surface area contributed by atoms with Gasteiger partial charge in [0, 0.05) is 10.8 Å². The van der Waals surface area contributed by atoms with Gasteiger partial charge in [0.2, 0.25) is 5.91 Å². The number of anilines is 1. The molecular weight excluding hydrogens is 318 g/mol. The summed E-state index contributed by atoms with van der Waals surface area (Å²) in [7, 11) is 0. The molecule has 4 rings (SSSR count). The van der Waals surface area contributed by atoms with Gasteiger partial charge >= 0.3 is 0 Å². The molecule has 1 saturated carbocycles. The number of aryl methyl sites for hydroxylation is 2. The second-order valence-electron chi connectivity index (χ2n) is 6.81. The highest BCUT2D eigenvalue weighted by molar-refractivity contribution is 7.15. The summed E-state index contributed by atoms with van der Waals surface area (Å²) in [6.45, 7) is 2.13. The highest BCUT2D eigenvalue weighted by atomic mass is 35.5. The van der Waals surface area contributed by atoms with E-state index in [1.807, 2.05) is 0 Å². The standard InChI is InChI=1S/C16H23N3OS.ClH/c20-14(11-10-16(11)6-8-17-9-7-16)19-15-18-12-4-2-1-3-5-13(12)21-15;/h11,17H,1-10H2,(H,18,19,20);1H. The smallest absolute Gasteiger partial charge is 0.229 e. The van der Waals surface area contributed by atoms with Crippen molar-refractivity contribution in [1.29, 1.82) is 0 Å². The lowest BCUT2D eigenvalue weighted by atomic mass is 9.92. The van der Waals surface area contributed by atoms with Gasteiger partial charge in [-0.15, -0.1) is 23.7 Å². The topological polar surface area (TPSA) is 54.0 Å². The third-order valence-electron chi connectivity index (χ3n) is 5.43. The van der Waals surface area contributed by atoms with Gasteiger partial charge in [0.15, 0.2) is 5.13 Å². The summed E-state index contributed by atoms with van der Waals surface area (Å²) in [4.78, 5) is 18.5. The zero-order valence-electron chi connectivity index (χ0n) is 12.8. The molecule has 1 aromatic heterocycles. The second-order valence-corrected chi connectivity index (χ2v) is 7.89. The molecule has 22 heavy (non-hydrogen) atoms. The first-order valence-corrected chi connectivity index (χ1v) is 9.09. The lowest BCUT2D eigenvalue weighted by Crippen LogP contribution is -2.31. The van der Waals surface area contributed by atoms with Crippen molar-refractivity contribution in [3.05, 3.63) is 10.6 Å². The number of piperidine rings is 1. The minimum absolute atomic E-state index is 0. The quantitative estimate of drug-likeness (QED) is 0.812. The number of halogens is 1. The number of fused-ring (bicyclic) bond motifs is 1. The van der Waals surface area contributed by atoms with Crippen LogP contribution in [0.4, 0.5) is 5.13 Å². The van der Waals surface area contributed by atoms with Gasteiger partial charge in [0.1, 0.15) is 0 Å². The molecule has 1 amide bonds. The van der Waals surface area contributed by atoms with Crippen LogP contribution in [0.3, 0.4) is 0 Å². The lowest BCUT2D eigenvalue weighted by Gasteiger charge is -2.22. The molecule has 0 radical (unpaired) electrons. The van der Waals surface area contributed by atoms with Gasteiger partial charge in [-0.2, -0.15) is 0 Å². The maximum Gasteiger partial charge on any atom is 0.229 e. The Morgan fingerprint density at radius 3 is 2.82 bits per heavy atom. The molecule has 1 saturated heterocycles. The van der Waals surface area contributed by atoms with Gasteiger partial charge < -0.3 is 10.6 Å². The van der Waals surface area contributed by atoms with Gasteiger partial charge in [-0.25, -0.2) is 4.98 Å². The van der Waals surface area contributed by atoms with Gasteiger partial charge in [-0.1, -0.05) is 6.42 Å². The monoisotopic (exact) mass is 341 g/mol. The van der Waals surface area contributed by atoms with E-state index < -0.39 is 0 Å². The van der Waals surface area contributed by atoms with E-state index in [9.17, 15) is 4.79 Å². The van der Waals surface area contributed by atoms with Crippen LogP contribution in [-0.2, 0) is 17.6 Å². The normalized spacial score (nSPS) is 25.7. The Kier molecular flexibility index (Phi) is 4.76. The molecule has 0 aromatic carbocycles. The summed E-state index contributed by atoms with van der Waals surface area (Å²) in [6, 6.07) is 0. The molecule has 2 fully saturated rings. The summed E-state index contributed by atoms with van der Waals surface area (Å²) in [6.07, 6.45) is 9.42. The van der Waals surface area contributed by atoms with E-state index in [2.05, 4.69) is 15.6 Å². The maximum atomic E-state index is 12.5. The molecular formula is C16H24ClN3OS.